The summed E-state index contributed by atoms with van der Waals surface area (Å²) < 4.78 is 37.6. The highest BCUT2D eigenvalue weighted by Gasteiger charge is 2.23. The number of carboxylic acids is 1. The van der Waals surface area contributed by atoms with Gasteiger partial charge in [0.2, 0.25) is 0 Å². The van der Waals surface area contributed by atoms with Crippen LogP contribution in [0.5, 0.6) is 0 Å². The summed E-state index contributed by atoms with van der Waals surface area (Å²) >= 11 is 0. The predicted octanol–water partition coefficient (Wildman–Crippen LogP) is 3.62. The van der Waals surface area contributed by atoms with Crippen LogP contribution in [-0.2, 0) is 15.6 Å². The summed E-state index contributed by atoms with van der Waals surface area (Å²) in [6.07, 6.45) is 1.01. The predicted molar refractivity (Wildman–Crippen MR) is 114 cm³/mol. The van der Waals surface area contributed by atoms with Crippen molar-refractivity contribution in [2.75, 3.05) is 6.26 Å². The maximum Gasteiger partial charge on any atom is 0.352 e. The lowest BCUT2D eigenvalue weighted by molar-refractivity contribution is 0.0692. The summed E-state index contributed by atoms with van der Waals surface area (Å²) in [6, 6.07) is 9.08. The molecule has 9 nitrogen and oxygen atoms in total. The van der Waals surface area contributed by atoms with Crippen LogP contribution in [0.25, 0.3) is 22.0 Å². The molecule has 0 saturated carbocycles. The summed E-state index contributed by atoms with van der Waals surface area (Å²) in [5, 5.41) is 16.7. The Labute approximate surface area is 177 Å². The van der Waals surface area contributed by atoms with Crippen molar-refractivity contribution < 1.29 is 22.7 Å². The number of benzene rings is 2. The first-order chi connectivity index (χ1) is 14.5. The number of hydrogen-bond donors (Lipinski definition) is 4. The van der Waals surface area contributed by atoms with E-state index in [0.29, 0.717) is 16.5 Å². The Bertz CT molecular complexity index is 1330. The van der Waals surface area contributed by atoms with Crippen molar-refractivity contribution in [3.8, 4) is 11.1 Å². The molecule has 1 atom stereocenters. The van der Waals surface area contributed by atoms with Crippen LogP contribution < -0.4 is 5.73 Å². The number of aromatic nitrogens is 1. The summed E-state index contributed by atoms with van der Waals surface area (Å²) in [4.78, 5) is 14.8. The third-order valence-corrected chi connectivity index (χ3v) is 5.75. The Kier molecular flexibility index (Phi) is 5.89. The van der Waals surface area contributed by atoms with Gasteiger partial charge in [0.25, 0.3) is 0 Å². The van der Waals surface area contributed by atoms with Gasteiger partial charge in [-0.15, -0.1) is 5.10 Å². The highest BCUT2D eigenvalue weighted by Crippen LogP contribution is 2.37. The zero-order chi connectivity index (χ0) is 22.9. The second-order valence-corrected chi connectivity index (χ2v) is 9.31. The molecule has 0 aliphatic heterocycles. The number of hydrogen-bond acceptors (Lipinski definition) is 5. The van der Waals surface area contributed by atoms with Crippen molar-refractivity contribution in [1.82, 2.24) is 4.98 Å². The van der Waals surface area contributed by atoms with Crippen LogP contribution in [0.1, 0.15) is 34.5 Å². The Morgan fingerprint density at radius 2 is 2.03 bits per heavy atom. The minimum absolute atomic E-state index is 0.000377. The summed E-state index contributed by atoms with van der Waals surface area (Å²) in [5.41, 5.74) is 14.2. The van der Waals surface area contributed by atoms with Gasteiger partial charge >= 0.3 is 5.97 Å². The molecule has 1 aromatic heterocycles. The van der Waals surface area contributed by atoms with Crippen LogP contribution in [0, 0.1) is 11.3 Å². The van der Waals surface area contributed by atoms with E-state index in [9.17, 15) is 22.7 Å². The van der Waals surface area contributed by atoms with Gasteiger partial charge in [0, 0.05) is 28.7 Å². The monoisotopic (exact) mass is 445 g/mol. The number of para-hydroxylation sites is 1. The maximum absolute atomic E-state index is 14.6. The van der Waals surface area contributed by atoms with Gasteiger partial charge in [0.15, 0.2) is 9.84 Å². The van der Waals surface area contributed by atoms with Crippen LogP contribution in [0.15, 0.2) is 46.7 Å². The number of nitrogens with zero attached hydrogens (tertiary/aromatic N) is 2. The van der Waals surface area contributed by atoms with E-state index in [-0.39, 0.29) is 28.2 Å². The van der Waals surface area contributed by atoms with Gasteiger partial charge in [0.1, 0.15) is 17.3 Å². The molecule has 11 heteroatoms. The number of amidine groups is 1. The van der Waals surface area contributed by atoms with Gasteiger partial charge in [-0.2, -0.15) is 5.53 Å². The molecule has 0 amide bonds. The van der Waals surface area contributed by atoms with E-state index in [0.717, 1.165) is 12.3 Å². The highest BCUT2D eigenvalue weighted by atomic mass is 32.2. The molecular weight excluding hydrogens is 425 g/mol. The fraction of sp³-hybridized carbons (Fsp3) is 0.200. The SMILES string of the molecule is CC(C(N)=NN=N)c1cccc2c(-c3ccc(CS(C)(=O)=O)c(F)c3)c(C(=O)O)[nH]c12. The van der Waals surface area contributed by atoms with E-state index in [1.54, 1.807) is 25.1 Å². The molecule has 5 N–H and O–H groups in total. The summed E-state index contributed by atoms with van der Waals surface area (Å²) in [5.74, 6) is -2.84. The first-order valence-electron chi connectivity index (χ1n) is 9.07. The van der Waals surface area contributed by atoms with E-state index in [2.05, 4.69) is 15.3 Å². The molecular formula is C20H20FN5O4S. The fourth-order valence-corrected chi connectivity index (χ4v) is 4.27. The second kappa shape index (κ2) is 8.26. The van der Waals surface area contributed by atoms with Crippen molar-refractivity contribution in [2.24, 2.45) is 16.1 Å². The number of carboxylic acid groups (broad SMARTS) is 1. The molecule has 31 heavy (non-hydrogen) atoms. The van der Waals surface area contributed by atoms with E-state index in [1.807, 2.05) is 0 Å². The van der Waals surface area contributed by atoms with Gasteiger partial charge in [-0.25, -0.2) is 17.6 Å². The molecule has 2 aromatic carbocycles. The minimum Gasteiger partial charge on any atom is -0.477 e. The first kappa shape index (κ1) is 22.1. The van der Waals surface area contributed by atoms with Gasteiger partial charge in [0.05, 0.1) is 11.3 Å². The van der Waals surface area contributed by atoms with Crippen molar-refractivity contribution in [3.63, 3.8) is 0 Å². The summed E-state index contributed by atoms with van der Waals surface area (Å²) in [7, 11) is -3.44. The maximum atomic E-state index is 14.6. The number of sulfone groups is 1. The average Bonchev–Trinajstić information content (AvgIpc) is 3.08. The fourth-order valence-electron chi connectivity index (χ4n) is 3.47. The number of rotatable bonds is 7. The van der Waals surface area contributed by atoms with Crippen LogP contribution >= 0.6 is 0 Å². The van der Waals surface area contributed by atoms with Gasteiger partial charge in [-0.05, 0) is 17.2 Å². The van der Waals surface area contributed by atoms with Gasteiger partial charge < -0.3 is 15.8 Å². The van der Waals surface area contributed by atoms with Crippen molar-refractivity contribution >= 4 is 32.5 Å². The molecule has 0 saturated heterocycles. The molecule has 1 unspecified atom stereocenters. The van der Waals surface area contributed by atoms with E-state index < -0.39 is 33.3 Å². The Morgan fingerprint density at radius 3 is 2.61 bits per heavy atom. The van der Waals surface area contributed by atoms with Crippen LogP contribution in [0.2, 0.25) is 0 Å². The van der Waals surface area contributed by atoms with E-state index >= 15 is 0 Å². The van der Waals surface area contributed by atoms with E-state index in [4.69, 9.17) is 11.3 Å². The average molecular weight is 445 g/mol. The third-order valence-electron chi connectivity index (χ3n) is 4.91. The standard InChI is InChI=1S/C20H20FN5O4S/c1-10(19(22)25-26-23)13-4-3-5-14-16(18(20(27)28)24-17(13)14)11-6-7-12(15(21)8-11)9-31(2,29)30/h3-8,10,24H,9H2,1-2H3,(H,27,28)(H3,22,23,25). The largest absolute Gasteiger partial charge is 0.477 e. The van der Waals surface area contributed by atoms with Crippen molar-refractivity contribution in [1.29, 1.82) is 5.53 Å². The number of nitrogens with two attached hydrogens (primary N) is 1. The molecule has 0 bridgehead atoms. The lowest BCUT2D eigenvalue weighted by Gasteiger charge is -2.11. The molecule has 3 aromatic rings. The minimum atomic E-state index is -3.44. The number of halogens is 1. The number of aromatic amines is 1. The van der Waals surface area contributed by atoms with Gasteiger partial charge in [-0.3, -0.25) is 0 Å². The first-order valence-corrected chi connectivity index (χ1v) is 11.1. The number of carbonyl (C=O) groups is 1. The van der Waals surface area contributed by atoms with Crippen LogP contribution in [-0.4, -0.2) is 36.6 Å². The second-order valence-electron chi connectivity index (χ2n) is 7.17. The summed E-state index contributed by atoms with van der Waals surface area (Å²) in [6.45, 7) is 1.74. The Hall–Kier alpha value is -3.60. The molecule has 1 heterocycles. The lowest BCUT2D eigenvalue weighted by atomic mass is 9.95. The number of fused-ring (bicyclic) bond motifs is 1. The zero-order valence-corrected chi connectivity index (χ0v) is 17.5. The molecule has 0 spiro atoms. The topological polar surface area (TPSA) is 162 Å². The molecule has 0 fully saturated rings. The molecule has 3 rings (SSSR count). The number of H-pyrrole nitrogens is 1. The number of nitrogens with one attached hydrogen (secondary N) is 2. The lowest BCUT2D eigenvalue weighted by Crippen LogP contribution is -2.19. The normalized spacial score (nSPS) is 13.3. The molecule has 0 aliphatic carbocycles. The van der Waals surface area contributed by atoms with Crippen LogP contribution in [0.4, 0.5) is 4.39 Å². The van der Waals surface area contributed by atoms with Crippen molar-refractivity contribution in [2.45, 2.75) is 18.6 Å². The quantitative estimate of drug-likeness (QED) is 0.189. The third kappa shape index (κ3) is 4.45. The zero-order valence-electron chi connectivity index (χ0n) is 16.7. The smallest absolute Gasteiger partial charge is 0.352 e. The van der Waals surface area contributed by atoms with Crippen molar-refractivity contribution in [3.05, 3.63) is 59.0 Å². The van der Waals surface area contributed by atoms with E-state index in [1.165, 1.54) is 12.1 Å². The molecule has 162 valence electrons. The van der Waals surface area contributed by atoms with Crippen LogP contribution in [0.3, 0.4) is 0 Å². The molecule has 0 aliphatic rings. The highest BCUT2D eigenvalue weighted by molar-refractivity contribution is 7.89. The molecule has 0 radical (unpaired) electrons. The Balaban J connectivity index is 2.24. The Morgan fingerprint density at radius 1 is 1.32 bits per heavy atom. The van der Waals surface area contributed by atoms with Gasteiger partial charge in [-0.1, -0.05) is 42.5 Å². The number of aromatic carboxylic acids is 1.